The Hall–Kier alpha value is -1.05. The second-order valence-electron chi connectivity index (χ2n) is 3.56. The first-order chi connectivity index (χ1) is 7.72. The van der Waals surface area contributed by atoms with Crippen LogP contribution in [0.25, 0.3) is 0 Å². The van der Waals surface area contributed by atoms with Crippen molar-refractivity contribution in [3.63, 3.8) is 0 Å². The third-order valence-electron chi connectivity index (χ3n) is 2.35. The quantitative estimate of drug-likeness (QED) is 0.460. The fourth-order valence-corrected chi connectivity index (χ4v) is 1.44. The van der Waals surface area contributed by atoms with Crippen molar-refractivity contribution in [1.29, 1.82) is 0 Å². The second-order valence-corrected chi connectivity index (χ2v) is 3.94. The molecule has 1 unspecified atom stereocenters. The van der Waals surface area contributed by atoms with Gasteiger partial charge in [-0.2, -0.15) is 17.6 Å². The van der Waals surface area contributed by atoms with Crippen molar-refractivity contribution in [3.8, 4) is 0 Å². The van der Waals surface area contributed by atoms with Crippen LogP contribution < -0.4 is 10.9 Å². The monoisotopic (exact) mass is 276 g/mol. The number of carbonyl (C=O) groups excluding carboxylic acids is 2. The number of alkyl halides is 5. The van der Waals surface area contributed by atoms with Crippen LogP contribution in [0.2, 0.25) is 0 Å². The molecule has 1 saturated carbocycles. The fraction of sp³-hybridized carbons (Fsp3) is 0.750. The van der Waals surface area contributed by atoms with Crippen molar-refractivity contribution in [2.75, 3.05) is 5.88 Å². The summed E-state index contributed by atoms with van der Waals surface area (Å²) in [6.07, 6.45) is -1.36. The SMILES string of the molecule is O=C(CCCl)NNC(=O)C1CC(F)(F)C1(F)F. The fourth-order valence-electron chi connectivity index (χ4n) is 1.27. The molecule has 1 aliphatic carbocycles. The van der Waals surface area contributed by atoms with E-state index in [2.05, 4.69) is 0 Å². The Morgan fingerprint density at radius 3 is 2.24 bits per heavy atom. The van der Waals surface area contributed by atoms with Crippen molar-refractivity contribution >= 4 is 23.4 Å². The van der Waals surface area contributed by atoms with E-state index in [1.165, 1.54) is 0 Å². The van der Waals surface area contributed by atoms with E-state index in [9.17, 15) is 27.2 Å². The van der Waals surface area contributed by atoms with Crippen molar-refractivity contribution in [3.05, 3.63) is 0 Å². The van der Waals surface area contributed by atoms with Crippen LogP contribution in [0.3, 0.4) is 0 Å². The lowest BCUT2D eigenvalue weighted by Crippen LogP contribution is -2.64. The molecule has 0 radical (unpaired) electrons. The topological polar surface area (TPSA) is 58.2 Å². The average Bonchev–Trinajstić information content (AvgIpc) is 2.23. The number of rotatable bonds is 3. The van der Waals surface area contributed by atoms with Crippen molar-refractivity contribution in [2.45, 2.75) is 24.7 Å². The zero-order chi connectivity index (χ0) is 13.3. The lowest BCUT2D eigenvalue weighted by atomic mass is 9.76. The van der Waals surface area contributed by atoms with Crippen molar-refractivity contribution in [1.82, 2.24) is 10.9 Å². The highest BCUT2D eigenvalue weighted by Crippen LogP contribution is 2.55. The number of hydrogen-bond donors (Lipinski definition) is 2. The summed E-state index contributed by atoms with van der Waals surface area (Å²) in [5.41, 5.74) is 3.45. The third kappa shape index (κ3) is 2.62. The minimum Gasteiger partial charge on any atom is -0.273 e. The molecule has 0 saturated heterocycles. The molecule has 2 amide bonds. The summed E-state index contributed by atoms with van der Waals surface area (Å²) in [6, 6.07) is 0. The van der Waals surface area contributed by atoms with E-state index in [-0.39, 0.29) is 12.3 Å². The minimum absolute atomic E-state index is 0.0145. The second kappa shape index (κ2) is 4.67. The molecule has 1 fully saturated rings. The number of nitrogens with one attached hydrogen (secondary N) is 2. The highest BCUT2D eigenvalue weighted by atomic mass is 35.5. The zero-order valence-electron chi connectivity index (χ0n) is 8.40. The molecule has 0 heterocycles. The van der Waals surface area contributed by atoms with Gasteiger partial charge in [0.1, 0.15) is 5.92 Å². The molecule has 4 nitrogen and oxygen atoms in total. The molecule has 0 aromatic heterocycles. The molecule has 1 aliphatic rings. The maximum atomic E-state index is 12.8. The van der Waals surface area contributed by atoms with E-state index in [0.717, 1.165) is 0 Å². The van der Waals surface area contributed by atoms with Gasteiger partial charge in [-0.1, -0.05) is 0 Å². The highest BCUT2D eigenvalue weighted by molar-refractivity contribution is 6.18. The summed E-state index contributed by atoms with van der Waals surface area (Å²) in [5, 5.41) is 0. The number of halogens is 5. The Morgan fingerprint density at radius 2 is 1.82 bits per heavy atom. The summed E-state index contributed by atoms with van der Waals surface area (Å²) in [6.45, 7) is 0. The van der Waals surface area contributed by atoms with E-state index in [4.69, 9.17) is 11.6 Å². The van der Waals surface area contributed by atoms with E-state index >= 15 is 0 Å². The molecule has 0 aromatic rings. The van der Waals surface area contributed by atoms with E-state index < -0.39 is 36.0 Å². The molecular formula is C8H9ClF4N2O2. The lowest BCUT2D eigenvalue weighted by Gasteiger charge is -2.42. The molecule has 1 rings (SSSR count). The van der Waals surface area contributed by atoms with Gasteiger partial charge in [-0.15, -0.1) is 11.6 Å². The summed E-state index contributed by atoms with van der Waals surface area (Å²) < 4.78 is 50.3. The van der Waals surface area contributed by atoms with Crippen molar-refractivity contribution < 1.29 is 27.2 Å². The van der Waals surface area contributed by atoms with Crippen LogP contribution in [0.15, 0.2) is 0 Å². The molecule has 2 N–H and O–H groups in total. The van der Waals surface area contributed by atoms with E-state index in [0.29, 0.717) is 0 Å². The summed E-state index contributed by atoms with van der Waals surface area (Å²) >= 11 is 5.20. The first-order valence-electron chi connectivity index (χ1n) is 4.62. The molecule has 17 heavy (non-hydrogen) atoms. The maximum absolute atomic E-state index is 12.8. The smallest absolute Gasteiger partial charge is 0.273 e. The van der Waals surface area contributed by atoms with Crippen LogP contribution in [0.1, 0.15) is 12.8 Å². The molecule has 0 bridgehead atoms. The van der Waals surface area contributed by atoms with Crippen LogP contribution in [0, 0.1) is 5.92 Å². The molecule has 0 spiro atoms. The van der Waals surface area contributed by atoms with Crippen molar-refractivity contribution in [2.24, 2.45) is 5.92 Å². The molecular weight excluding hydrogens is 268 g/mol. The molecule has 9 heteroatoms. The summed E-state index contributed by atoms with van der Waals surface area (Å²) in [4.78, 5) is 21.9. The predicted octanol–water partition coefficient (Wildman–Crippen LogP) is 1.05. The first kappa shape index (κ1) is 14.0. The van der Waals surface area contributed by atoms with Crippen LogP contribution in [-0.4, -0.2) is 29.5 Å². The van der Waals surface area contributed by atoms with Gasteiger partial charge in [0.05, 0.1) is 0 Å². The molecule has 0 aromatic carbocycles. The number of carbonyl (C=O) groups is 2. The van der Waals surface area contributed by atoms with Gasteiger partial charge in [-0.05, 0) is 0 Å². The number of hydrogen-bond acceptors (Lipinski definition) is 2. The number of amides is 2. The van der Waals surface area contributed by atoms with Gasteiger partial charge in [0.15, 0.2) is 0 Å². The van der Waals surface area contributed by atoms with Gasteiger partial charge in [0, 0.05) is 18.7 Å². The Bertz CT molecular complexity index is 337. The van der Waals surface area contributed by atoms with Gasteiger partial charge < -0.3 is 0 Å². The first-order valence-corrected chi connectivity index (χ1v) is 5.16. The van der Waals surface area contributed by atoms with Crippen LogP contribution in [0.4, 0.5) is 17.6 Å². The number of hydrazine groups is 1. The van der Waals surface area contributed by atoms with Gasteiger partial charge >= 0.3 is 11.8 Å². The minimum atomic E-state index is -4.38. The third-order valence-corrected chi connectivity index (χ3v) is 2.54. The van der Waals surface area contributed by atoms with Crippen LogP contribution in [0.5, 0.6) is 0 Å². The molecule has 98 valence electrons. The zero-order valence-corrected chi connectivity index (χ0v) is 9.16. The lowest BCUT2D eigenvalue weighted by molar-refractivity contribution is -0.305. The van der Waals surface area contributed by atoms with Gasteiger partial charge in [0.25, 0.3) is 0 Å². The Labute approximate surface area is 98.6 Å². The average molecular weight is 277 g/mol. The van der Waals surface area contributed by atoms with Gasteiger partial charge in [-0.25, -0.2) is 0 Å². The standard InChI is InChI=1S/C8H9ClF4N2O2/c9-2-1-5(16)14-15-6(17)4-3-7(10,11)8(4,12)13/h4H,1-3H2,(H,14,16)(H,15,17). The largest absolute Gasteiger partial charge is 0.321 e. The Kier molecular flexibility index (Phi) is 3.85. The van der Waals surface area contributed by atoms with E-state index in [1.54, 1.807) is 10.9 Å². The van der Waals surface area contributed by atoms with Crippen LogP contribution in [-0.2, 0) is 9.59 Å². The summed E-state index contributed by atoms with van der Waals surface area (Å²) in [7, 11) is 0. The summed E-state index contributed by atoms with van der Waals surface area (Å²) in [5.74, 6) is -12.7. The van der Waals surface area contributed by atoms with Crippen LogP contribution >= 0.6 is 11.6 Å². The molecule has 0 aliphatic heterocycles. The molecule has 1 atom stereocenters. The highest BCUT2D eigenvalue weighted by Gasteiger charge is 2.74. The van der Waals surface area contributed by atoms with E-state index in [1.807, 2.05) is 0 Å². The Balaban J connectivity index is 2.44. The van der Waals surface area contributed by atoms with Gasteiger partial charge in [-0.3, -0.25) is 20.4 Å². The normalized spacial score (nSPS) is 24.6. The predicted molar refractivity (Wildman–Crippen MR) is 49.6 cm³/mol. The Morgan fingerprint density at radius 1 is 1.24 bits per heavy atom. The maximum Gasteiger partial charge on any atom is 0.321 e. The van der Waals surface area contributed by atoms with Gasteiger partial charge in [0.2, 0.25) is 11.8 Å².